The van der Waals surface area contributed by atoms with Crippen LogP contribution in [0.2, 0.25) is 0 Å². The Labute approximate surface area is 182 Å². The Morgan fingerprint density at radius 1 is 0.633 bits per heavy atom. The predicted octanol–water partition coefficient (Wildman–Crippen LogP) is 7.45. The Hall–Kier alpha value is -2.61. The maximum atomic E-state index is 5.85. The van der Waals surface area contributed by atoms with Crippen molar-refractivity contribution < 1.29 is 4.74 Å². The maximum Gasteiger partial charge on any atom is 0.119 e. The molecule has 0 spiro atoms. The number of nitrogens with zero attached hydrogens (tertiary/aromatic N) is 1. The van der Waals surface area contributed by atoms with Gasteiger partial charge in [-0.15, -0.1) is 0 Å². The molecule has 2 aromatic carbocycles. The van der Waals surface area contributed by atoms with Crippen LogP contribution < -0.4 is 4.74 Å². The van der Waals surface area contributed by atoms with Crippen molar-refractivity contribution in [3.63, 3.8) is 0 Å². The Morgan fingerprint density at radius 2 is 1.30 bits per heavy atom. The molecule has 0 fully saturated rings. The second-order valence-electron chi connectivity index (χ2n) is 8.04. The topological polar surface area (TPSA) is 22.1 Å². The third-order valence-corrected chi connectivity index (χ3v) is 5.50. The number of pyridine rings is 1. The highest BCUT2D eigenvalue weighted by Crippen LogP contribution is 2.23. The molecule has 1 heterocycles. The summed E-state index contributed by atoms with van der Waals surface area (Å²) in [4.78, 5) is 4.56. The molecule has 0 saturated carbocycles. The molecule has 2 heteroatoms. The van der Waals surface area contributed by atoms with Crippen molar-refractivity contribution in [2.45, 2.75) is 65.2 Å². The first kappa shape index (κ1) is 22.1. The van der Waals surface area contributed by atoms with E-state index < -0.39 is 0 Å². The molecule has 0 radical (unpaired) electrons. The summed E-state index contributed by atoms with van der Waals surface area (Å²) in [5.41, 5.74) is 6.35. The Kier molecular flexibility index (Phi) is 8.96. The van der Waals surface area contributed by atoms with Gasteiger partial charge in [-0.1, -0.05) is 82.0 Å². The monoisotopic (exact) mass is 401 g/mol. The van der Waals surface area contributed by atoms with Crippen molar-refractivity contribution in [1.82, 2.24) is 4.98 Å². The fourth-order valence-corrected chi connectivity index (χ4v) is 3.62. The van der Waals surface area contributed by atoms with Crippen molar-refractivity contribution in [1.29, 1.82) is 0 Å². The number of aryl methyl sites for hydroxylation is 3. The second-order valence-corrected chi connectivity index (χ2v) is 8.04. The molecule has 0 N–H and O–H groups in total. The second kappa shape index (κ2) is 12.2. The van der Waals surface area contributed by atoms with Crippen molar-refractivity contribution in [2.24, 2.45) is 0 Å². The van der Waals surface area contributed by atoms with E-state index >= 15 is 0 Å². The van der Waals surface area contributed by atoms with Gasteiger partial charge in [0.2, 0.25) is 0 Å². The van der Waals surface area contributed by atoms with Gasteiger partial charge in [0.25, 0.3) is 0 Å². The summed E-state index contributed by atoms with van der Waals surface area (Å²) in [7, 11) is 0. The molecular weight excluding hydrogens is 366 g/mol. The molecule has 0 unspecified atom stereocenters. The number of aromatic nitrogens is 1. The quantitative estimate of drug-likeness (QED) is 0.294. The SMILES string of the molecule is CCCCCCOc1ccc(-c2ccc(CCc3ccc(CCC)nc3)cc2)cc1. The lowest BCUT2D eigenvalue weighted by atomic mass is 10.0. The predicted molar refractivity (Wildman–Crippen MR) is 127 cm³/mol. The average Bonchev–Trinajstić information content (AvgIpc) is 2.79. The zero-order valence-corrected chi connectivity index (χ0v) is 18.6. The van der Waals surface area contributed by atoms with Crippen LogP contribution in [-0.4, -0.2) is 11.6 Å². The van der Waals surface area contributed by atoms with E-state index in [1.807, 2.05) is 6.20 Å². The molecular formula is C28H35NO. The van der Waals surface area contributed by atoms with Gasteiger partial charge in [0.15, 0.2) is 0 Å². The van der Waals surface area contributed by atoms with Crippen molar-refractivity contribution in [3.05, 3.63) is 83.7 Å². The summed E-state index contributed by atoms with van der Waals surface area (Å²) >= 11 is 0. The molecule has 2 nitrogen and oxygen atoms in total. The molecule has 0 saturated heterocycles. The lowest BCUT2D eigenvalue weighted by Crippen LogP contribution is -1.97. The van der Waals surface area contributed by atoms with Crippen LogP contribution in [0.1, 0.15) is 62.8 Å². The van der Waals surface area contributed by atoms with E-state index in [1.54, 1.807) is 0 Å². The van der Waals surface area contributed by atoms with Crippen LogP contribution in [0.25, 0.3) is 11.1 Å². The van der Waals surface area contributed by atoms with Gasteiger partial charge >= 0.3 is 0 Å². The molecule has 3 rings (SSSR count). The molecule has 0 atom stereocenters. The average molecular weight is 402 g/mol. The number of rotatable bonds is 12. The summed E-state index contributed by atoms with van der Waals surface area (Å²) in [5.74, 6) is 0.963. The summed E-state index contributed by atoms with van der Waals surface area (Å²) in [6.07, 6.45) is 11.3. The fourth-order valence-electron chi connectivity index (χ4n) is 3.62. The largest absolute Gasteiger partial charge is 0.494 e. The van der Waals surface area contributed by atoms with Gasteiger partial charge in [-0.3, -0.25) is 4.98 Å². The molecule has 1 aromatic heterocycles. The van der Waals surface area contributed by atoms with E-state index in [4.69, 9.17) is 4.74 Å². The van der Waals surface area contributed by atoms with Crippen LogP contribution in [-0.2, 0) is 19.3 Å². The van der Waals surface area contributed by atoms with Gasteiger partial charge in [-0.25, -0.2) is 0 Å². The minimum atomic E-state index is 0.810. The summed E-state index contributed by atoms with van der Waals surface area (Å²) < 4.78 is 5.85. The number of benzene rings is 2. The normalized spacial score (nSPS) is 10.9. The molecule has 0 aliphatic carbocycles. The van der Waals surface area contributed by atoms with Crippen LogP contribution in [0.4, 0.5) is 0 Å². The highest BCUT2D eigenvalue weighted by atomic mass is 16.5. The van der Waals surface area contributed by atoms with E-state index in [-0.39, 0.29) is 0 Å². The zero-order chi connectivity index (χ0) is 21.0. The van der Waals surface area contributed by atoms with E-state index in [0.29, 0.717) is 0 Å². The van der Waals surface area contributed by atoms with Crippen LogP contribution in [0.3, 0.4) is 0 Å². The third-order valence-electron chi connectivity index (χ3n) is 5.50. The van der Waals surface area contributed by atoms with Gasteiger partial charge in [0.05, 0.1) is 6.61 Å². The first-order valence-electron chi connectivity index (χ1n) is 11.5. The highest BCUT2D eigenvalue weighted by Gasteiger charge is 2.02. The Bertz CT molecular complexity index is 851. The third kappa shape index (κ3) is 7.02. The molecule has 0 amide bonds. The van der Waals surface area contributed by atoms with Gasteiger partial charge in [-0.2, -0.15) is 0 Å². The van der Waals surface area contributed by atoms with E-state index in [0.717, 1.165) is 44.5 Å². The van der Waals surface area contributed by atoms with Crippen molar-refractivity contribution in [3.8, 4) is 16.9 Å². The minimum Gasteiger partial charge on any atom is -0.494 e. The van der Waals surface area contributed by atoms with E-state index in [9.17, 15) is 0 Å². The van der Waals surface area contributed by atoms with E-state index in [2.05, 4.69) is 79.5 Å². The highest BCUT2D eigenvalue weighted by molar-refractivity contribution is 5.64. The molecule has 0 bridgehead atoms. The smallest absolute Gasteiger partial charge is 0.119 e. The van der Waals surface area contributed by atoms with Crippen LogP contribution in [0.15, 0.2) is 66.9 Å². The molecule has 158 valence electrons. The minimum absolute atomic E-state index is 0.810. The number of hydrogen-bond acceptors (Lipinski definition) is 2. The Balaban J connectivity index is 1.48. The lowest BCUT2D eigenvalue weighted by molar-refractivity contribution is 0.305. The van der Waals surface area contributed by atoms with Gasteiger partial charge in [0.1, 0.15) is 5.75 Å². The zero-order valence-electron chi connectivity index (χ0n) is 18.6. The molecule has 0 aliphatic rings. The molecule has 0 aliphatic heterocycles. The van der Waals surface area contributed by atoms with Crippen LogP contribution >= 0.6 is 0 Å². The van der Waals surface area contributed by atoms with Gasteiger partial charge in [0, 0.05) is 11.9 Å². The summed E-state index contributed by atoms with van der Waals surface area (Å²) in [6, 6.07) is 21.8. The summed E-state index contributed by atoms with van der Waals surface area (Å²) in [6.45, 7) is 5.23. The van der Waals surface area contributed by atoms with Gasteiger partial charge < -0.3 is 4.74 Å². The fraction of sp³-hybridized carbons (Fsp3) is 0.393. The molecule has 3 aromatic rings. The van der Waals surface area contributed by atoms with Crippen LogP contribution in [0.5, 0.6) is 5.75 Å². The number of unbranched alkanes of at least 4 members (excludes halogenated alkanes) is 3. The molecule has 30 heavy (non-hydrogen) atoms. The lowest BCUT2D eigenvalue weighted by Gasteiger charge is -2.08. The van der Waals surface area contributed by atoms with E-state index in [1.165, 1.54) is 47.2 Å². The standard InChI is InChI=1S/C28H35NO/c1-3-5-6-7-21-30-28-19-16-26(17-20-28)25-14-11-23(12-15-25)9-10-24-13-18-27(8-4-2)29-22-24/h11-20,22H,3-10,21H2,1-2H3. The first-order valence-corrected chi connectivity index (χ1v) is 11.5. The van der Waals surface area contributed by atoms with Gasteiger partial charge in [-0.05, 0) is 66.1 Å². The summed E-state index contributed by atoms with van der Waals surface area (Å²) in [5, 5.41) is 0. The Morgan fingerprint density at radius 3 is 1.93 bits per heavy atom. The van der Waals surface area contributed by atoms with Crippen molar-refractivity contribution >= 4 is 0 Å². The maximum absolute atomic E-state index is 5.85. The van der Waals surface area contributed by atoms with Crippen LogP contribution in [0, 0.1) is 0 Å². The first-order chi connectivity index (χ1) is 14.8. The van der Waals surface area contributed by atoms with Crippen molar-refractivity contribution in [2.75, 3.05) is 6.61 Å². The number of hydrogen-bond donors (Lipinski definition) is 0. The number of ether oxygens (including phenoxy) is 1.